The van der Waals surface area contributed by atoms with Crippen LogP contribution in [0.15, 0.2) is 24.3 Å². The summed E-state index contributed by atoms with van der Waals surface area (Å²) in [7, 11) is 1.69. The molecule has 0 bridgehead atoms. The van der Waals surface area contributed by atoms with Gasteiger partial charge >= 0.3 is 0 Å². The zero-order valence-corrected chi connectivity index (χ0v) is 14.5. The van der Waals surface area contributed by atoms with Crippen molar-refractivity contribution in [2.24, 2.45) is 17.6 Å². The Morgan fingerprint density at radius 2 is 2.09 bits per heavy atom. The smallest absolute Gasteiger partial charge is 0.223 e. The summed E-state index contributed by atoms with van der Waals surface area (Å²) in [5.74, 6) is 1.47. The summed E-state index contributed by atoms with van der Waals surface area (Å²) >= 11 is 0. The largest absolute Gasteiger partial charge is 0.496 e. The van der Waals surface area contributed by atoms with Crippen molar-refractivity contribution < 1.29 is 9.53 Å². The molecule has 0 aromatic heterocycles. The number of carbonyl (C=O) groups excluding carboxylic acids is 1. The first kappa shape index (κ1) is 17.8. The summed E-state index contributed by atoms with van der Waals surface area (Å²) in [6, 6.07) is 8.29. The number of hydrogen-bond acceptors (Lipinski definition) is 3. The van der Waals surface area contributed by atoms with Gasteiger partial charge in [-0.05, 0) is 43.2 Å². The van der Waals surface area contributed by atoms with Gasteiger partial charge in [-0.2, -0.15) is 0 Å². The molecule has 0 aliphatic heterocycles. The minimum Gasteiger partial charge on any atom is -0.496 e. The van der Waals surface area contributed by atoms with Crippen molar-refractivity contribution in [1.29, 1.82) is 0 Å². The summed E-state index contributed by atoms with van der Waals surface area (Å²) in [5, 5.41) is 3.26. The van der Waals surface area contributed by atoms with Gasteiger partial charge in [0, 0.05) is 18.0 Å². The van der Waals surface area contributed by atoms with E-state index in [0.29, 0.717) is 5.92 Å². The molecule has 2 rings (SSSR count). The van der Waals surface area contributed by atoms with Crippen LogP contribution in [-0.2, 0) is 11.2 Å². The zero-order valence-electron chi connectivity index (χ0n) is 14.5. The second-order valence-corrected chi connectivity index (χ2v) is 7.00. The average molecular weight is 318 g/mol. The maximum absolute atomic E-state index is 12.6. The van der Waals surface area contributed by atoms with E-state index < -0.39 is 0 Å². The highest BCUT2D eigenvalue weighted by Crippen LogP contribution is 2.25. The van der Waals surface area contributed by atoms with Crippen LogP contribution < -0.4 is 15.8 Å². The molecule has 3 N–H and O–H groups in total. The van der Waals surface area contributed by atoms with Crippen molar-refractivity contribution in [1.82, 2.24) is 5.32 Å². The molecule has 0 heterocycles. The van der Waals surface area contributed by atoms with Crippen LogP contribution in [0, 0.1) is 11.8 Å². The quantitative estimate of drug-likeness (QED) is 0.847. The van der Waals surface area contributed by atoms with Gasteiger partial charge < -0.3 is 15.8 Å². The number of carbonyl (C=O) groups is 1. The zero-order chi connectivity index (χ0) is 16.8. The molecule has 4 nitrogen and oxygen atoms in total. The number of methoxy groups -OCH3 is 1. The molecule has 128 valence electrons. The summed E-state index contributed by atoms with van der Waals surface area (Å²) in [4.78, 5) is 12.6. The number of benzene rings is 1. The van der Waals surface area contributed by atoms with E-state index in [1.807, 2.05) is 18.2 Å². The van der Waals surface area contributed by atoms with Crippen LogP contribution >= 0.6 is 0 Å². The molecule has 23 heavy (non-hydrogen) atoms. The fraction of sp³-hybridized carbons (Fsp3) is 0.632. The molecule has 1 aliphatic rings. The third kappa shape index (κ3) is 4.96. The molecule has 1 aliphatic carbocycles. The highest BCUT2D eigenvalue weighted by Gasteiger charge is 2.28. The Morgan fingerprint density at radius 1 is 1.35 bits per heavy atom. The Labute approximate surface area is 139 Å². The van der Waals surface area contributed by atoms with Crippen molar-refractivity contribution in [3.63, 3.8) is 0 Å². The maximum Gasteiger partial charge on any atom is 0.223 e. The molecule has 3 unspecified atom stereocenters. The van der Waals surface area contributed by atoms with Gasteiger partial charge in [-0.25, -0.2) is 0 Å². The molecule has 1 amide bonds. The molecule has 0 saturated heterocycles. The van der Waals surface area contributed by atoms with E-state index >= 15 is 0 Å². The van der Waals surface area contributed by atoms with Crippen molar-refractivity contribution in [3.8, 4) is 5.75 Å². The highest BCUT2D eigenvalue weighted by molar-refractivity contribution is 5.79. The summed E-state index contributed by atoms with van der Waals surface area (Å²) in [5.41, 5.74) is 7.15. The Kier molecular flexibility index (Phi) is 6.46. The lowest BCUT2D eigenvalue weighted by molar-refractivity contribution is -0.127. The van der Waals surface area contributed by atoms with Crippen molar-refractivity contribution in [2.75, 3.05) is 7.11 Å². The lowest BCUT2D eigenvalue weighted by atomic mass is 9.85. The number of ether oxygens (including phenoxy) is 1. The molecule has 0 radical (unpaired) electrons. The van der Waals surface area contributed by atoms with E-state index in [1.54, 1.807) is 7.11 Å². The molecule has 3 atom stereocenters. The van der Waals surface area contributed by atoms with Gasteiger partial charge in [0.2, 0.25) is 5.91 Å². The molecule has 1 saturated carbocycles. The fourth-order valence-corrected chi connectivity index (χ4v) is 3.33. The Bertz CT molecular complexity index is 516. The van der Waals surface area contributed by atoms with E-state index in [4.69, 9.17) is 10.5 Å². The fourth-order valence-electron chi connectivity index (χ4n) is 3.33. The predicted octanol–water partition coefficient (Wildman–Crippen LogP) is 2.90. The molecule has 1 aromatic rings. The van der Waals surface area contributed by atoms with Crippen LogP contribution in [0.25, 0.3) is 0 Å². The normalized spacial score (nSPS) is 22.7. The van der Waals surface area contributed by atoms with Gasteiger partial charge in [-0.3, -0.25) is 4.79 Å². The third-order valence-electron chi connectivity index (χ3n) is 4.85. The minimum absolute atomic E-state index is 0.0673. The molecular weight excluding hydrogens is 288 g/mol. The Hall–Kier alpha value is -1.55. The van der Waals surface area contributed by atoms with Crippen LogP contribution in [0.5, 0.6) is 5.75 Å². The lowest BCUT2D eigenvalue weighted by Crippen LogP contribution is -2.45. The first-order valence-electron chi connectivity index (χ1n) is 8.69. The van der Waals surface area contributed by atoms with Gasteiger partial charge in [0.15, 0.2) is 0 Å². The van der Waals surface area contributed by atoms with Gasteiger partial charge in [0.05, 0.1) is 7.11 Å². The monoisotopic (exact) mass is 318 g/mol. The minimum atomic E-state index is 0.0673. The van der Waals surface area contributed by atoms with E-state index in [0.717, 1.165) is 43.4 Å². The highest BCUT2D eigenvalue weighted by atomic mass is 16.5. The number of amides is 1. The number of nitrogens with one attached hydrogen (secondary N) is 1. The number of para-hydroxylation sites is 1. The van der Waals surface area contributed by atoms with Crippen LogP contribution in [0.2, 0.25) is 0 Å². The van der Waals surface area contributed by atoms with Gasteiger partial charge in [0.1, 0.15) is 5.75 Å². The second-order valence-electron chi connectivity index (χ2n) is 7.00. The Morgan fingerprint density at radius 3 is 2.74 bits per heavy atom. The van der Waals surface area contributed by atoms with Gasteiger partial charge in [-0.15, -0.1) is 0 Å². The standard InChI is InChI=1S/C19H30N2O2/c1-13(2)17(12-14-7-4-5-10-18(14)23-3)21-19(22)15-8-6-9-16(20)11-15/h4-5,7,10,13,15-17H,6,8-9,11-12,20H2,1-3H3,(H,21,22). The predicted molar refractivity (Wildman–Crippen MR) is 93.4 cm³/mol. The third-order valence-corrected chi connectivity index (χ3v) is 4.85. The first-order valence-corrected chi connectivity index (χ1v) is 8.69. The number of nitrogens with two attached hydrogens (primary N) is 1. The maximum atomic E-state index is 12.6. The van der Waals surface area contributed by atoms with Crippen LogP contribution in [0.1, 0.15) is 45.1 Å². The molecule has 1 aromatic carbocycles. The summed E-state index contributed by atoms with van der Waals surface area (Å²) < 4.78 is 5.43. The van der Waals surface area contributed by atoms with Crippen LogP contribution in [-0.4, -0.2) is 25.1 Å². The topological polar surface area (TPSA) is 64.3 Å². The van der Waals surface area contributed by atoms with Crippen molar-refractivity contribution in [2.45, 2.75) is 58.0 Å². The molecule has 1 fully saturated rings. The lowest BCUT2D eigenvalue weighted by Gasteiger charge is -2.29. The van der Waals surface area contributed by atoms with Crippen LogP contribution in [0.3, 0.4) is 0 Å². The van der Waals surface area contributed by atoms with Gasteiger partial charge in [-0.1, -0.05) is 38.5 Å². The van der Waals surface area contributed by atoms with E-state index in [9.17, 15) is 4.79 Å². The molecular formula is C19H30N2O2. The van der Waals surface area contributed by atoms with Crippen LogP contribution in [0.4, 0.5) is 0 Å². The molecule has 0 spiro atoms. The first-order chi connectivity index (χ1) is 11.0. The number of rotatable bonds is 6. The van der Waals surface area contributed by atoms with Crippen molar-refractivity contribution in [3.05, 3.63) is 29.8 Å². The molecule has 4 heteroatoms. The van der Waals surface area contributed by atoms with E-state index in [-0.39, 0.29) is 23.9 Å². The van der Waals surface area contributed by atoms with E-state index in [2.05, 4.69) is 25.2 Å². The number of hydrogen-bond donors (Lipinski definition) is 2. The SMILES string of the molecule is COc1ccccc1CC(NC(=O)C1CCCC(N)C1)C(C)C. The Balaban J connectivity index is 2.02. The summed E-state index contributed by atoms with van der Waals surface area (Å²) in [6.07, 6.45) is 4.65. The van der Waals surface area contributed by atoms with Crippen molar-refractivity contribution >= 4 is 5.91 Å². The second kappa shape index (κ2) is 8.34. The summed E-state index contributed by atoms with van der Waals surface area (Å²) in [6.45, 7) is 4.29. The van der Waals surface area contributed by atoms with E-state index in [1.165, 1.54) is 0 Å². The average Bonchev–Trinajstić information content (AvgIpc) is 2.54. The van der Waals surface area contributed by atoms with Gasteiger partial charge in [0.25, 0.3) is 0 Å².